The molecule has 2 aromatic heterocycles. The Morgan fingerprint density at radius 3 is 2.68 bits per heavy atom. The van der Waals surface area contributed by atoms with Gasteiger partial charge in [0.1, 0.15) is 10.6 Å². The Morgan fingerprint density at radius 2 is 1.93 bits per heavy atom. The third-order valence-electron chi connectivity index (χ3n) is 4.73. The first-order valence-corrected chi connectivity index (χ1v) is 10.9. The zero-order chi connectivity index (χ0) is 19.7. The summed E-state index contributed by atoms with van der Waals surface area (Å²) in [6.45, 7) is 1.51. The summed E-state index contributed by atoms with van der Waals surface area (Å²) in [6.07, 6.45) is 4.52. The number of nitrogens with two attached hydrogens (primary N) is 1. The second-order valence-corrected chi connectivity index (χ2v) is 8.78. The summed E-state index contributed by atoms with van der Waals surface area (Å²) >= 11 is 2.97. The van der Waals surface area contributed by atoms with Gasteiger partial charge in [0.15, 0.2) is 10.9 Å². The highest BCUT2D eigenvalue weighted by Crippen LogP contribution is 2.38. The van der Waals surface area contributed by atoms with Gasteiger partial charge in [0.05, 0.1) is 11.1 Å². The molecular weight excluding hydrogens is 392 g/mol. The number of benzene rings is 1. The fourth-order valence-corrected chi connectivity index (χ4v) is 5.32. The second kappa shape index (κ2) is 7.89. The molecule has 0 radical (unpaired) electrons. The number of nitrogens with zero attached hydrogens (tertiary/aromatic N) is 2. The monoisotopic (exact) mass is 412 g/mol. The average Bonchev–Trinajstić information content (AvgIpc) is 3.05. The van der Waals surface area contributed by atoms with Crippen molar-refractivity contribution in [3.05, 3.63) is 40.3 Å². The molecular formula is C20H20N4O2S2. The van der Waals surface area contributed by atoms with Gasteiger partial charge in [-0.05, 0) is 62.4 Å². The molecule has 0 unspecified atom stereocenters. The smallest absolute Gasteiger partial charge is 0.234 e. The zero-order valence-electron chi connectivity index (χ0n) is 15.4. The lowest BCUT2D eigenvalue weighted by Gasteiger charge is -2.10. The number of nitrogen functional groups attached to an aromatic ring is 1. The van der Waals surface area contributed by atoms with Crippen molar-refractivity contribution in [1.82, 2.24) is 9.97 Å². The summed E-state index contributed by atoms with van der Waals surface area (Å²) in [6, 6.07) is 6.83. The molecule has 1 aliphatic rings. The van der Waals surface area contributed by atoms with Crippen LogP contribution in [0.1, 0.15) is 40.6 Å². The highest BCUT2D eigenvalue weighted by atomic mass is 32.2. The molecule has 6 nitrogen and oxygen atoms in total. The minimum atomic E-state index is -0.159. The van der Waals surface area contributed by atoms with Crippen molar-refractivity contribution in [2.75, 3.05) is 16.8 Å². The molecule has 144 valence electrons. The van der Waals surface area contributed by atoms with Crippen molar-refractivity contribution in [2.24, 2.45) is 0 Å². The van der Waals surface area contributed by atoms with Gasteiger partial charge in [-0.3, -0.25) is 9.59 Å². The Labute approximate surface area is 170 Å². The normalized spacial score (nSPS) is 13.3. The van der Waals surface area contributed by atoms with Crippen molar-refractivity contribution in [2.45, 2.75) is 37.8 Å². The molecule has 0 spiro atoms. The SMILES string of the molecule is CC(=O)c1ccc(NC(=O)CSc2nc(N)c3c4c(sc3n2)CCCC4)cc1. The van der Waals surface area contributed by atoms with E-state index in [2.05, 4.69) is 15.3 Å². The summed E-state index contributed by atoms with van der Waals surface area (Å²) in [4.78, 5) is 34.9. The van der Waals surface area contributed by atoms with E-state index in [1.807, 2.05) is 0 Å². The van der Waals surface area contributed by atoms with E-state index in [0.717, 1.165) is 23.1 Å². The molecule has 8 heteroatoms. The number of carbonyl (C=O) groups excluding carboxylic acids is 2. The summed E-state index contributed by atoms with van der Waals surface area (Å²) in [5, 5.41) is 4.33. The number of thiophene rings is 1. The first kappa shape index (κ1) is 18.9. The molecule has 3 N–H and O–H groups in total. The molecule has 0 aliphatic heterocycles. The Bertz CT molecular complexity index is 1060. The Kier molecular flexibility index (Phi) is 5.32. The molecule has 0 saturated heterocycles. The molecule has 1 aromatic carbocycles. The van der Waals surface area contributed by atoms with Gasteiger partial charge in [-0.2, -0.15) is 0 Å². The number of Topliss-reactive ketones (excluding diaryl/α,β-unsaturated/α-hetero) is 1. The largest absolute Gasteiger partial charge is 0.383 e. The number of amides is 1. The van der Waals surface area contributed by atoms with E-state index in [-0.39, 0.29) is 17.4 Å². The molecule has 0 atom stereocenters. The number of thioether (sulfide) groups is 1. The van der Waals surface area contributed by atoms with Crippen molar-refractivity contribution < 1.29 is 9.59 Å². The molecule has 1 aliphatic carbocycles. The highest BCUT2D eigenvalue weighted by Gasteiger charge is 2.20. The van der Waals surface area contributed by atoms with E-state index < -0.39 is 0 Å². The molecule has 0 bridgehead atoms. The molecule has 2 heterocycles. The molecule has 4 rings (SSSR count). The summed E-state index contributed by atoms with van der Waals surface area (Å²) in [5.74, 6) is 0.527. The number of hydrogen-bond donors (Lipinski definition) is 2. The first-order chi connectivity index (χ1) is 13.5. The number of aromatic nitrogens is 2. The standard InChI is InChI=1S/C20H20N4O2S2/c1-11(25)12-6-8-13(9-7-12)22-16(26)10-27-20-23-18(21)17-14-4-2-3-5-15(14)28-19(17)24-20/h6-9H,2-5,10H2,1H3,(H,22,26)(H2,21,23,24). The highest BCUT2D eigenvalue weighted by molar-refractivity contribution is 7.99. The summed E-state index contributed by atoms with van der Waals surface area (Å²) < 4.78 is 0. The Balaban J connectivity index is 1.43. The van der Waals surface area contributed by atoms with Crippen LogP contribution in [-0.2, 0) is 17.6 Å². The van der Waals surface area contributed by atoms with Gasteiger partial charge in [0.2, 0.25) is 5.91 Å². The van der Waals surface area contributed by atoms with Crippen molar-refractivity contribution >= 4 is 56.5 Å². The van der Waals surface area contributed by atoms with Gasteiger partial charge < -0.3 is 11.1 Å². The molecule has 28 heavy (non-hydrogen) atoms. The number of fused-ring (bicyclic) bond motifs is 3. The van der Waals surface area contributed by atoms with Crippen molar-refractivity contribution in [3.8, 4) is 0 Å². The van der Waals surface area contributed by atoms with Crippen LogP contribution in [0, 0.1) is 0 Å². The number of aryl methyl sites for hydroxylation is 2. The van der Waals surface area contributed by atoms with Gasteiger partial charge in [0.25, 0.3) is 0 Å². The Morgan fingerprint density at radius 1 is 1.18 bits per heavy atom. The first-order valence-electron chi connectivity index (χ1n) is 9.12. The van der Waals surface area contributed by atoms with Crippen LogP contribution in [0.3, 0.4) is 0 Å². The molecule has 1 amide bonds. The van der Waals surface area contributed by atoms with Gasteiger partial charge in [-0.15, -0.1) is 11.3 Å². The lowest BCUT2D eigenvalue weighted by molar-refractivity contribution is -0.113. The van der Waals surface area contributed by atoms with Crippen LogP contribution in [0.2, 0.25) is 0 Å². The number of carbonyl (C=O) groups is 2. The minimum absolute atomic E-state index is 0.00572. The van der Waals surface area contributed by atoms with Crippen LogP contribution in [0.4, 0.5) is 11.5 Å². The molecule has 0 saturated carbocycles. The third-order valence-corrected chi connectivity index (χ3v) is 6.76. The van der Waals surface area contributed by atoms with E-state index in [4.69, 9.17) is 5.73 Å². The number of rotatable bonds is 5. The number of hydrogen-bond acceptors (Lipinski definition) is 7. The van der Waals surface area contributed by atoms with E-state index >= 15 is 0 Å². The lowest BCUT2D eigenvalue weighted by Crippen LogP contribution is -2.14. The Hall–Kier alpha value is -2.45. The fourth-order valence-electron chi connectivity index (χ4n) is 3.35. The second-order valence-electron chi connectivity index (χ2n) is 6.75. The van der Waals surface area contributed by atoms with Crippen LogP contribution in [0.5, 0.6) is 0 Å². The topological polar surface area (TPSA) is 98.0 Å². The van der Waals surface area contributed by atoms with Gasteiger partial charge in [-0.25, -0.2) is 9.97 Å². The maximum atomic E-state index is 12.2. The fraction of sp³-hybridized carbons (Fsp3) is 0.300. The third kappa shape index (κ3) is 3.88. The van der Waals surface area contributed by atoms with Crippen molar-refractivity contribution in [1.29, 1.82) is 0 Å². The van der Waals surface area contributed by atoms with Crippen LogP contribution in [0.25, 0.3) is 10.2 Å². The maximum Gasteiger partial charge on any atom is 0.234 e. The van der Waals surface area contributed by atoms with Crippen molar-refractivity contribution in [3.63, 3.8) is 0 Å². The predicted octanol–water partition coefficient (Wildman–Crippen LogP) is 4.09. The minimum Gasteiger partial charge on any atom is -0.383 e. The summed E-state index contributed by atoms with van der Waals surface area (Å²) in [7, 11) is 0. The number of ketones is 1. The predicted molar refractivity (Wildman–Crippen MR) is 114 cm³/mol. The maximum absolute atomic E-state index is 12.2. The van der Waals surface area contributed by atoms with Gasteiger partial charge in [-0.1, -0.05) is 11.8 Å². The van der Waals surface area contributed by atoms with E-state index in [0.29, 0.717) is 22.2 Å². The quantitative estimate of drug-likeness (QED) is 0.372. The van der Waals surface area contributed by atoms with E-state index in [9.17, 15) is 9.59 Å². The van der Waals surface area contributed by atoms with Crippen LogP contribution >= 0.6 is 23.1 Å². The van der Waals surface area contributed by atoms with Gasteiger partial charge >= 0.3 is 0 Å². The van der Waals surface area contributed by atoms with Gasteiger partial charge in [0, 0.05) is 16.1 Å². The molecule has 3 aromatic rings. The van der Waals surface area contributed by atoms with E-state index in [1.165, 1.54) is 42.0 Å². The summed E-state index contributed by atoms with van der Waals surface area (Å²) in [5.41, 5.74) is 8.78. The number of nitrogens with one attached hydrogen (secondary N) is 1. The zero-order valence-corrected chi connectivity index (χ0v) is 17.1. The lowest BCUT2D eigenvalue weighted by atomic mass is 9.97. The number of anilines is 2. The van der Waals surface area contributed by atoms with Crippen LogP contribution < -0.4 is 11.1 Å². The van der Waals surface area contributed by atoms with Crippen LogP contribution in [0.15, 0.2) is 29.4 Å². The average molecular weight is 413 g/mol. The molecule has 0 fully saturated rings. The van der Waals surface area contributed by atoms with E-state index in [1.54, 1.807) is 35.6 Å². The van der Waals surface area contributed by atoms with Crippen LogP contribution in [-0.4, -0.2) is 27.4 Å².